The Morgan fingerprint density at radius 1 is 1.30 bits per heavy atom. The number of nitrogens with zero attached hydrogens (tertiary/aromatic N) is 2. The molecule has 1 unspecified atom stereocenters. The van der Waals surface area contributed by atoms with E-state index in [4.69, 9.17) is 9.52 Å². The van der Waals surface area contributed by atoms with Crippen LogP contribution in [-0.2, 0) is 10.0 Å². The highest BCUT2D eigenvalue weighted by Crippen LogP contribution is 2.36. The first kappa shape index (κ1) is 24.6. The highest BCUT2D eigenvalue weighted by Gasteiger charge is 2.27. The smallest absolute Gasteiger partial charge is 0.255 e. The molecular formula is C22H26FN3O6S. The Balaban J connectivity index is 2.13. The van der Waals surface area contributed by atoms with E-state index in [-0.39, 0.29) is 42.2 Å². The predicted octanol–water partition coefficient (Wildman–Crippen LogP) is 2.20. The molecule has 0 aliphatic rings. The Morgan fingerprint density at radius 2 is 1.97 bits per heavy atom. The third-order valence-electron chi connectivity index (χ3n) is 5.15. The monoisotopic (exact) mass is 479 g/mol. The topological polar surface area (TPSA) is 133 Å². The molecule has 0 fully saturated rings. The minimum Gasteiger partial charge on any atom is -0.437 e. The highest BCUT2D eigenvalue weighted by molar-refractivity contribution is 7.92. The largest absolute Gasteiger partial charge is 0.437 e. The van der Waals surface area contributed by atoms with Crippen LogP contribution in [0.25, 0.3) is 22.4 Å². The number of nitrogens with one attached hydrogen (secondary N) is 1. The van der Waals surface area contributed by atoms with Gasteiger partial charge in [-0.05, 0) is 55.7 Å². The average Bonchev–Trinajstić information content (AvgIpc) is 3.13. The van der Waals surface area contributed by atoms with Crippen molar-refractivity contribution in [2.24, 2.45) is 0 Å². The normalized spacial score (nSPS) is 12.7. The number of aliphatic hydroxyl groups excluding tert-OH is 2. The number of aryl methyl sites for hydroxylation is 1. The van der Waals surface area contributed by atoms with Crippen LogP contribution in [-0.4, -0.2) is 62.1 Å². The van der Waals surface area contributed by atoms with Crippen molar-refractivity contribution in [2.75, 3.05) is 30.8 Å². The fourth-order valence-corrected chi connectivity index (χ4v) is 4.47. The van der Waals surface area contributed by atoms with Crippen molar-refractivity contribution in [3.63, 3.8) is 0 Å². The maximum atomic E-state index is 13.4. The van der Waals surface area contributed by atoms with Crippen molar-refractivity contribution >= 4 is 32.8 Å². The fourth-order valence-electron chi connectivity index (χ4n) is 3.51. The molecule has 0 bridgehead atoms. The van der Waals surface area contributed by atoms with Crippen molar-refractivity contribution in [1.82, 2.24) is 10.3 Å². The van der Waals surface area contributed by atoms with Gasteiger partial charge >= 0.3 is 0 Å². The Bertz CT molecular complexity index is 1260. The van der Waals surface area contributed by atoms with Crippen LogP contribution in [0.1, 0.15) is 28.8 Å². The number of aliphatic hydroxyl groups is 2. The van der Waals surface area contributed by atoms with Crippen LogP contribution in [0.2, 0.25) is 0 Å². The van der Waals surface area contributed by atoms with E-state index in [0.29, 0.717) is 16.5 Å². The second-order valence-corrected chi connectivity index (χ2v) is 9.59. The first-order chi connectivity index (χ1) is 15.6. The fraction of sp³-hybridized carbons (Fsp3) is 0.364. The van der Waals surface area contributed by atoms with E-state index in [2.05, 4.69) is 10.3 Å². The van der Waals surface area contributed by atoms with Gasteiger partial charge in [0.05, 0.1) is 29.9 Å². The summed E-state index contributed by atoms with van der Waals surface area (Å²) in [4.78, 5) is 17.1. The second-order valence-electron chi connectivity index (χ2n) is 7.69. The molecule has 1 atom stereocenters. The molecule has 0 aliphatic carbocycles. The highest BCUT2D eigenvalue weighted by atomic mass is 32.2. The van der Waals surface area contributed by atoms with Gasteiger partial charge in [0.1, 0.15) is 17.4 Å². The van der Waals surface area contributed by atoms with E-state index in [1.807, 2.05) is 0 Å². The minimum atomic E-state index is -3.73. The lowest BCUT2D eigenvalue weighted by molar-refractivity contribution is 0.0872. The number of carbonyl (C=O) groups is 1. The molecule has 2 heterocycles. The van der Waals surface area contributed by atoms with Crippen LogP contribution in [0.15, 0.2) is 34.7 Å². The number of furan rings is 1. The standard InChI is InChI=1S/C22H26FN3O6S/c1-13-11-17-18(21(29)24-2)19(14-6-8-15(23)9-7-14)32-22(17)25-20(13)26(33(3,30)31)10-4-5-16(28)12-27/h6-9,11,16,27-28H,4-5,10,12H2,1-3H3,(H,24,29). The van der Waals surface area contributed by atoms with Crippen molar-refractivity contribution in [3.05, 3.63) is 47.3 Å². The lowest BCUT2D eigenvalue weighted by Gasteiger charge is -2.23. The second kappa shape index (κ2) is 9.86. The number of hydrogen-bond donors (Lipinski definition) is 3. The number of aromatic nitrogens is 1. The lowest BCUT2D eigenvalue weighted by atomic mass is 10.0. The van der Waals surface area contributed by atoms with Gasteiger partial charge in [-0.15, -0.1) is 0 Å². The number of pyridine rings is 1. The summed E-state index contributed by atoms with van der Waals surface area (Å²) < 4.78 is 45.4. The number of carbonyl (C=O) groups excluding carboxylic acids is 1. The molecule has 0 saturated carbocycles. The SMILES string of the molecule is CNC(=O)c1c(-c2ccc(F)cc2)oc2nc(N(CCCC(O)CO)S(C)(=O)=O)c(C)cc12. The van der Waals surface area contributed by atoms with Gasteiger partial charge in [0, 0.05) is 19.2 Å². The molecule has 3 aromatic rings. The Hall–Kier alpha value is -3.02. The number of amides is 1. The van der Waals surface area contributed by atoms with Gasteiger partial charge in [-0.3, -0.25) is 9.10 Å². The molecule has 3 N–H and O–H groups in total. The van der Waals surface area contributed by atoms with E-state index in [9.17, 15) is 22.7 Å². The third-order valence-corrected chi connectivity index (χ3v) is 6.31. The molecule has 0 saturated heterocycles. The Kier molecular flexibility index (Phi) is 7.35. The summed E-state index contributed by atoms with van der Waals surface area (Å²) in [6, 6.07) is 7.06. The van der Waals surface area contributed by atoms with Crippen LogP contribution in [0.5, 0.6) is 0 Å². The van der Waals surface area contributed by atoms with E-state index in [1.54, 1.807) is 13.0 Å². The number of anilines is 1. The van der Waals surface area contributed by atoms with E-state index in [0.717, 1.165) is 10.6 Å². The molecular weight excluding hydrogens is 453 g/mol. The number of hydrogen-bond acceptors (Lipinski definition) is 7. The summed E-state index contributed by atoms with van der Waals surface area (Å²) in [5.74, 6) is -0.556. The van der Waals surface area contributed by atoms with Gasteiger partial charge in [0.25, 0.3) is 5.91 Å². The summed E-state index contributed by atoms with van der Waals surface area (Å²) >= 11 is 0. The maximum absolute atomic E-state index is 13.4. The molecule has 0 radical (unpaired) electrons. The van der Waals surface area contributed by atoms with Gasteiger partial charge in [-0.25, -0.2) is 12.8 Å². The molecule has 1 aromatic carbocycles. The summed E-state index contributed by atoms with van der Waals surface area (Å²) in [6.45, 7) is 1.28. The zero-order valence-corrected chi connectivity index (χ0v) is 19.3. The molecule has 33 heavy (non-hydrogen) atoms. The Morgan fingerprint density at radius 3 is 2.55 bits per heavy atom. The Labute approximate surface area is 190 Å². The first-order valence-corrected chi connectivity index (χ1v) is 12.1. The zero-order chi connectivity index (χ0) is 24.3. The van der Waals surface area contributed by atoms with Crippen LogP contribution < -0.4 is 9.62 Å². The molecule has 0 aliphatic heterocycles. The number of rotatable bonds is 9. The molecule has 11 heteroatoms. The van der Waals surface area contributed by atoms with Crippen molar-refractivity contribution in [2.45, 2.75) is 25.9 Å². The summed E-state index contributed by atoms with van der Waals surface area (Å²) in [7, 11) is -2.26. The maximum Gasteiger partial charge on any atom is 0.255 e. The third kappa shape index (κ3) is 5.32. The number of halogens is 1. The van der Waals surface area contributed by atoms with Crippen molar-refractivity contribution < 1.29 is 32.2 Å². The van der Waals surface area contributed by atoms with Gasteiger partial charge in [-0.2, -0.15) is 4.98 Å². The van der Waals surface area contributed by atoms with Gasteiger partial charge < -0.3 is 19.9 Å². The molecule has 1 amide bonds. The zero-order valence-electron chi connectivity index (χ0n) is 18.5. The molecule has 0 spiro atoms. The molecule has 2 aromatic heterocycles. The summed E-state index contributed by atoms with van der Waals surface area (Å²) in [6.07, 6.45) is 0.598. The van der Waals surface area contributed by atoms with E-state index < -0.39 is 34.5 Å². The van der Waals surface area contributed by atoms with Crippen molar-refractivity contribution in [1.29, 1.82) is 0 Å². The van der Waals surface area contributed by atoms with Crippen molar-refractivity contribution in [3.8, 4) is 11.3 Å². The minimum absolute atomic E-state index is 0.0308. The van der Waals surface area contributed by atoms with Crippen LogP contribution >= 0.6 is 0 Å². The van der Waals surface area contributed by atoms with Gasteiger partial charge in [-0.1, -0.05) is 0 Å². The van der Waals surface area contributed by atoms with Crippen LogP contribution in [0.3, 0.4) is 0 Å². The number of benzene rings is 1. The molecule has 3 rings (SSSR count). The van der Waals surface area contributed by atoms with Gasteiger partial charge in [0.2, 0.25) is 15.7 Å². The van der Waals surface area contributed by atoms with E-state index >= 15 is 0 Å². The van der Waals surface area contributed by atoms with Gasteiger partial charge in [0.15, 0.2) is 0 Å². The number of fused-ring (bicyclic) bond motifs is 1. The predicted molar refractivity (Wildman–Crippen MR) is 122 cm³/mol. The number of sulfonamides is 1. The summed E-state index contributed by atoms with van der Waals surface area (Å²) in [5, 5.41) is 21.5. The molecule has 9 nitrogen and oxygen atoms in total. The lowest BCUT2D eigenvalue weighted by Crippen LogP contribution is -2.33. The van der Waals surface area contributed by atoms with Crippen LogP contribution in [0.4, 0.5) is 10.2 Å². The summed E-state index contributed by atoms with van der Waals surface area (Å²) in [5.41, 5.74) is 1.22. The quantitative estimate of drug-likeness (QED) is 0.428. The first-order valence-electron chi connectivity index (χ1n) is 10.3. The molecule has 178 valence electrons. The average molecular weight is 480 g/mol. The van der Waals surface area contributed by atoms with E-state index in [1.165, 1.54) is 31.3 Å². The van der Waals surface area contributed by atoms with Crippen LogP contribution in [0, 0.1) is 12.7 Å².